The molecule has 19 heavy (non-hydrogen) atoms. The monoisotopic (exact) mass is 265 g/mol. The van der Waals surface area contributed by atoms with E-state index in [1.165, 1.54) is 19.2 Å². The number of hydrogen-bond acceptors (Lipinski definition) is 5. The van der Waals surface area contributed by atoms with Crippen molar-refractivity contribution in [1.82, 2.24) is 9.97 Å². The summed E-state index contributed by atoms with van der Waals surface area (Å²) in [6.07, 6.45) is 6.38. The molecule has 1 aliphatic rings. The molecule has 0 aromatic carbocycles. The third-order valence-corrected chi connectivity index (χ3v) is 3.56. The van der Waals surface area contributed by atoms with Gasteiger partial charge in [-0.25, -0.2) is 4.98 Å². The number of nitrogens with one attached hydrogen (secondary N) is 1. The predicted octanol–water partition coefficient (Wildman–Crippen LogP) is 2.87. The molecule has 0 unspecified atom stereocenters. The molecule has 5 nitrogen and oxygen atoms in total. The summed E-state index contributed by atoms with van der Waals surface area (Å²) < 4.78 is 11.4. The minimum absolute atomic E-state index is 0.245. The Hall–Kier alpha value is -1.52. The molecule has 1 saturated carbocycles. The summed E-state index contributed by atoms with van der Waals surface area (Å²) in [5.41, 5.74) is 0. The minimum Gasteiger partial charge on any atom is -0.489 e. The van der Waals surface area contributed by atoms with E-state index >= 15 is 0 Å². The second-order valence-electron chi connectivity index (χ2n) is 5.09. The van der Waals surface area contributed by atoms with Crippen molar-refractivity contribution in [2.45, 2.75) is 45.6 Å². The molecule has 0 radical (unpaired) electrons. The lowest BCUT2D eigenvalue weighted by Gasteiger charge is -2.27. The SMILES string of the molecule is CCNc1ncnc(OC2CCC(C)CC2)c1OC. The van der Waals surface area contributed by atoms with Gasteiger partial charge in [-0.2, -0.15) is 4.98 Å². The minimum atomic E-state index is 0.245. The van der Waals surface area contributed by atoms with Gasteiger partial charge in [-0.3, -0.25) is 0 Å². The number of rotatable bonds is 5. The van der Waals surface area contributed by atoms with E-state index in [2.05, 4.69) is 22.2 Å². The van der Waals surface area contributed by atoms with Crippen molar-refractivity contribution in [3.8, 4) is 11.6 Å². The van der Waals surface area contributed by atoms with Gasteiger partial charge in [0.25, 0.3) is 5.88 Å². The van der Waals surface area contributed by atoms with Gasteiger partial charge < -0.3 is 14.8 Å². The van der Waals surface area contributed by atoms with E-state index in [9.17, 15) is 0 Å². The van der Waals surface area contributed by atoms with E-state index in [4.69, 9.17) is 9.47 Å². The summed E-state index contributed by atoms with van der Waals surface area (Å²) in [7, 11) is 1.62. The van der Waals surface area contributed by atoms with Gasteiger partial charge in [0, 0.05) is 6.54 Å². The van der Waals surface area contributed by atoms with Gasteiger partial charge in [0.1, 0.15) is 12.4 Å². The topological polar surface area (TPSA) is 56.3 Å². The van der Waals surface area contributed by atoms with Crippen molar-refractivity contribution in [2.24, 2.45) is 5.92 Å². The van der Waals surface area contributed by atoms with Crippen LogP contribution < -0.4 is 14.8 Å². The Labute approximate surface area is 114 Å². The van der Waals surface area contributed by atoms with Gasteiger partial charge in [-0.1, -0.05) is 6.92 Å². The molecule has 2 rings (SSSR count). The number of nitrogens with zero attached hydrogens (tertiary/aromatic N) is 2. The van der Waals surface area contributed by atoms with Gasteiger partial charge in [-0.05, 0) is 38.5 Å². The zero-order valence-corrected chi connectivity index (χ0v) is 12.0. The Kier molecular flexibility index (Phi) is 4.82. The molecule has 5 heteroatoms. The predicted molar refractivity (Wildman–Crippen MR) is 74.8 cm³/mol. The van der Waals surface area contributed by atoms with Crippen LogP contribution in [0.5, 0.6) is 11.6 Å². The molecular weight excluding hydrogens is 242 g/mol. The maximum atomic E-state index is 6.00. The van der Waals surface area contributed by atoms with Crippen molar-refractivity contribution in [2.75, 3.05) is 19.0 Å². The number of ether oxygens (including phenoxy) is 2. The van der Waals surface area contributed by atoms with E-state index < -0.39 is 0 Å². The maximum Gasteiger partial charge on any atom is 0.262 e. The van der Waals surface area contributed by atoms with Crippen LogP contribution in [-0.4, -0.2) is 29.7 Å². The van der Waals surface area contributed by atoms with Crippen LogP contribution in [0.4, 0.5) is 5.82 Å². The van der Waals surface area contributed by atoms with Crippen LogP contribution in [0, 0.1) is 5.92 Å². The van der Waals surface area contributed by atoms with E-state index in [1.807, 2.05) is 6.92 Å². The average molecular weight is 265 g/mol. The molecule has 0 atom stereocenters. The highest BCUT2D eigenvalue weighted by Gasteiger charge is 2.22. The van der Waals surface area contributed by atoms with Crippen molar-refractivity contribution in [3.63, 3.8) is 0 Å². The van der Waals surface area contributed by atoms with Crippen LogP contribution in [0.3, 0.4) is 0 Å². The lowest BCUT2D eigenvalue weighted by atomic mass is 9.89. The van der Waals surface area contributed by atoms with Crippen molar-refractivity contribution < 1.29 is 9.47 Å². The standard InChI is InChI=1S/C14H23N3O2/c1-4-15-13-12(18-3)14(17-9-16-13)19-11-7-5-10(2)6-8-11/h9-11H,4-8H2,1-3H3,(H,15,16,17). The number of methoxy groups -OCH3 is 1. The highest BCUT2D eigenvalue weighted by molar-refractivity contribution is 5.54. The van der Waals surface area contributed by atoms with E-state index in [-0.39, 0.29) is 6.10 Å². The highest BCUT2D eigenvalue weighted by atomic mass is 16.5. The normalized spacial score (nSPS) is 22.9. The highest BCUT2D eigenvalue weighted by Crippen LogP contribution is 2.34. The second kappa shape index (κ2) is 6.59. The molecular formula is C14H23N3O2. The fourth-order valence-electron chi connectivity index (χ4n) is 2.42. The Bertz CT molecular complexity index is 404. The summed E-state index contributed by atoms with van der Waals surface area (Å²) in [5, 5.41) is 3.16. The molecule has 1 N–H and O–H groups in total. The van der Waals surface area contributed by atoms with Crippen LogP contribution in [0.25, 0.3) is 0 Å². The third kappa shape index (κ3) is 3.49. The first-order chi connectivity index (χ1) is 9.24. The quantitative estimate of drug-likeness (QED) is 0.887. The van der Waals surface area contributed by atoms with Gasteiger partial charge in [0.15, 0.2) is 5.82 Å². The first kappa shape index (κ1) is 13.9. The first-order valence-corrected chi connectivity index (χ1v) is 7.04. The maximum absolute atomic E-state index is 6.00. The molecule has 1 aromatic rings. The van der Waals surface area contributed by atoms with Crippen molar-refractivity contribution >= 4 is 5.82 Å². The Morgan fingerprint density at radius 2 is 2.00 bits per heavy atom. The zero-order chi connectivity index (χ0) is 13.7. The summed E-state index contributed by atoms with van der Waals surface area (Å²) in [6.45, 7) is 5.10. The molecule has 0 aliphatic heterocycles. The molecule has 0 saturated heterocycles. The molecule has 0 spiro atoms. The Balaban J connectivity index is 2.08. The first-order valence-electron chi connectivity index (χ1n) is 7.04. The van der Waals surface area contributed by atoms with E-state index in [0.29, 0.717) is 17.4 Å². The number of aromatic nitrogens is 2. The average Bonchev–Trinajstić information content (AvgIpc) is 2.42. The van der Waals surface area contributed by atoms with E-state index in [1.54, 1.807) is 7.11 Å². The van der Waals surface area contributed by atoms with Crippen molar-refractivity contribution in [1.29, 1.82) is 0 Å². The largest absolute Gasteiger partial charge is 0.489 e. The smallest absolute Gasteiger partial charge is 0.262 e. The lowest BCUT2D eigenvalue weighted by Crippen LogP contribution is -2.23. The fourth-order valence-corrected chi connectivity index (χ4v) is 2.42. The molecule has 0 bridgehead atoms. The molecule has 1 heterocycles. The van der Waals surface area contributed by atoms with Crippen LogP contribution in [0.15, 0.2) is 6.33 Å². The van der Waals surface area contributed by atoms with Crippen molar-refractivity contribution in [3.05, 3.63) is 6.33 Å². The Morgan fingerprint density at radius 3 is 2.63 bits per heavy atom. The van der Waals surface area contributed by atoms with Crippen LogP contribution in [-0.2, 0) is 0 Å². The zero-order valence-electron chi connectivity index (χ0n) is 12.0. The van der Waals surface area contributed by atoms with Gasteiger partial charge >= 0.3 is 0 Å². The van der Waals surface area contributed by atoms with Gasteiger partial charge in [0.2, 0.25) is 5.75 Å². The Morgan fingerprint density at radius 1 is 1.26 bits per heavy atom. The third-order valence-electron chi connectivity index (χ3n) is 3.56. The number of hydrogen-bond donors (Lipinski definition) is 1. The second-order valence-corrected chi connectivity index (χ2v) is 5.09. The van der Waals surface area contributed by atoms with Crippen LogP contribution in [0.1, 0.15) is 39.5 Å². The molecule has 1 aromatic heterocycles. The molecule has 0 amide bonds. The molecule has 106 valence electrons. The lowest BCUT2D eigenvalue weighted by molar-refractivity contribution is 0.125. The summed E-state index contributed by atoms with van der Waals surface area (Å²) in [4.78, 5) is 8.39. The van der Waals surface area contributed by atoms with Crippen LogP contribution >= 0.6 is 0 Å². The van der Waals surface area contributed by atoms with Gasteiger partial charge in [-0.15, -0.1) is 0 Å². The van der Waals surface area contributed by atoms with Crippen LogP contribution in [0.2, 0.25) is 0 Å². The summed E-state index contributed by atoms with van der Waals surface area (Å²) >= 11 is 0. The summed E-state index contributed by atoms with van der Waals surface area (Å²) in [5.74, 6) is 2.65. The molecule has 1 aliphatic carbocycles. The van der Waals surface area contributed by atoms with E-state index in [0.717, 1.165) is 25.3 Å². The summed E-state index contributed by atoms with van der Waals surface area (Å²) in [6, 6.07) is 0. The molecule has 1 fully saturated rings. The number of anilines is 1. The fraction of sp³-hybridized carbons (Fsp3) is 0.714. The van der Waals surface area contributed by atoms with Gasteiger partial charge in [0.05, 0.1) is 7.11 Å².